The molecule has 2 aromatic heterocycles. The second kappa shape index (κ2) is 7.90. The Balaban J connectivity index is 1.85. The molecule has 0 atom stereocenters. The first-order valence-corrected chi connectivity index (χ1v) is 11.3. The second-order valence-electron chi connectivity index (χ2n) is 9.13. The third-order valence-corrected chi connectivity index (χ3v) is 7.39. The van der Waals surface area contributed by atoms with Gasteiger partial charge in [-0.2, -0.15) is 0 Å². The molecule has 10 heteroatoms. The van der Waals surface area contributed by atoms with E-state index < -0.39 is 29.4 Å². The Morgan fingerprint density at radius 1 is 1.16 bits per heavy atom. The average Bonchev–Trinajstić information content (AvgIpc) is 3.06. The smallest absolute Gasteiger partial charge is 0.333 e. The maximum absolute atomic E-state index is 13.2. The Labute approximate surface area is 182 Å². The Bertz CT molecular complexity index is 1170. The van der Waals surface area contributed by atoms with Gasteiger partial charge in [-0.15, -0.1) is 11.3 Å². The fraction of sp³-hybridized carbons (Fsp3) is 0.619. The number of carbonyl (C=O) groups is 2. The standard InChI is InChI=1S/C21H27N3O6S/c1-12-4-6-22(7-5-12)15(25)9-24-19-17(18(28)23(20(24)29)10-16(26)27)13-8-21(2,3)30-11-14(13)31-19/h12H,4-11H2,1-3H3,(H,26,27). The van der Waals surface area contributed by atoms with Crippen LogP contribution in [0.3, 0.4) is 0 Å². The minimum atomic E-state index is -1.28. The Hall–Kier alpha value is -2.46. The number of carboxylic acid groups (broad SMARTS) is 1. The van der Waals surface area contributed by atoms with Gasteiger partial charge in [-0.25, -0.2) is 9.36 Å². The summed E-state index contributed by atoms with van der Waals surface area (Å²) in [6.45, 7) is 6.62. The summed E-state index contributed by atoms with van der Waals surface area (Å²) in [5.74, 6) is -0.920. The van der Waals surface area contributed by atoms with Crippen LogP contribution in [0.4, 0.5) is 0 Å². The van der Waals surface area contributed by atoms with E-state index in [9.17, 15) is 24.3 Å². The number of amides is 1. The van der Waals surface area contributed by atoms with E-state index in [1.807, 2.05) is 13.8 Å². The van der Waals surface area contributed by atoms with Gasteiger partial charge in [0, 0.05) is 24.4 Å². The van der Waals surface area contributed by atoms with Gasteiger partial charge in [0.15, 0.2) is 0 Å². The van der Waals surface area contributed by atoms with E-state index in [1.54, 1.807) is 4.90 Å². The van der Waals surface area contributed by atoms with Crippen molar-refractivity contribution >= 4 is 33.4 Å². The van der Waals surface area contributed by atoms with Gasteiger partial charge in [-0.05, 0) is 38.2 Å². The topological polar surface area (TPSA) is 111 Å². The number of aromatic nitrogens is 2. The average molecular weight is 450 g/mol. The van der Waals surface area contributed by atoms with E-state index in [0.717, 1.165) is 27.8 Å². The normalized spacial score (nSPS) is 18.9. The molecular formula is C21H27N3O6S. The zero-order valence-electron chi connectivity index (χ0n) is 18.0. The number of likely N-dealkylation sites (tertiary alicyclic amines) is 1. The van der Waals surface area contributed by atoms with Crippen molar-refractivity contribution in [3.05, 3.63) is 31.3 Å². The van der Waals surface area contributed by atoms with Crippen LogP contribution in [0.5, 0.6) is 0 Å². The molecule has 2 aliphatic rings. The summed E-state index contributed by atoms with van der Waals surface area (Å²) in [6, 6.07) is 0. The summed E-state index contributed by atoms with van der Waals surface area (Å²) >= 11 is 1.28. The van der Waals surface area contributed by atoms with Gasteiger partial charge >= 0.3 is 11.7 Å². The largest absolute Gasteiger partial charge is 0.480 e. The van der Waals surface area contributed by atoms with Crippen molar-refractivity contribution in [2.45, 2.75) is 65.3 Å². The third kappa shape index (κ3) is 4.06. The monoisotopic (exact) mass is 449 g/mol. The van der Waals surface area contributed by atoms with E-state index in [-0.39, 0.29) is 12.5 Å². The molecule has 1 amide bonds. The zero-order valence-corrected chi connectivity index (χ0v) is 18.8. The molecule has 0 aromatic carbocycles. The molecule has 1 N–H and O–H groups in total. The first-order chi connectivity index (χ1) is 14.6. The van der Waals surface area contributed by atoms with Crippen molar-refractivity contribution in [1.29, 1.82) is 0 Å². The minimum absolute atomic E-state index is 0.196. The van der Waals surface area contributed by atoms with E-state index >= 15 is 0 Å². The van der Waals surface area contributed by atoms with Gasteiger partial charge in [0.05, 0.1) is 17.6 Å². The highest BCUT2D eigenvalue weighted by atomic mass is 32.1. The third-order valence-electron chi connectivity index (χ3n) is 6.16. The molecule has 0 aliphatic carbocycles. The summed E-state index contributed by atoms with van der Waals surface area (Å²) in [5.41, 5.74) is -1.08. The van der Waals surface area contributed by atoms with Gasteiger partial charge in [0.25, 0.3) is 5.56 Å². The Kier molecular flexibility index (Phi) is 5.55. The van der Waals surface area contributed by atoms with Crippen LogP contribution in [0, 0.1) is 5.92 Å². The number of rotatable bonds is 4. The van der Waals surface area contributed by atoms with Crippen molar-refractivity contribution in [1.82, 2.24) is 14.0 Å². The maximum atomic E-state index is 13.2. The van der Waals surface area contributed by atoms with Crippen molar-refractivity contribution < 1.29 is 19.4 Å². The SMILES string of the molecule is CC1CCN(C(=O)Cn2c(=O)n(CC(=O)O)c(=O)c3c4c(sc32)COC(C)(C)C4)CC1. The summed E-state index contributed by atoms with van der Waals surface area (Å²) < 4.78 is 7.86. The van der Waals surface area contributed by atoms with Crippen LogP contribution < -0.4 is 11.2 Å². The zero-order chi connectivity index (χ0) is 22.5. The van der Waals surface area contributed by atoms with Crippen molar-refractivity contribution in [2.75, 3.05) is 13.1 Å². The molecule has 0 radical (unpaired) electrons. The van der Waals surface area contributed by atoms with Gasteiger partial charge in [-0.1, -0.05) is 6.92 Å². The molecule has 1 fully saturated rings. The van der Waals surface area contributed by atoms with Gasteiger partial charge < -0.3 is 14.7 Å². The summed E-state index contributed by atoms with van der Waals surface area (Å²) in [4.78, 5) is 53.6. The highest BCUT2D eigenvalue weighted by Gasteiger charge is 2.32. The molecule has 2 aromatic rings. The van der Waals surface area contributed by atoms with Crippen LogP contribution in [0.25, 0.3) is 10.2 Å². The van der Waals surface area contributed by atoms with Crippen LogP contribution in [-0.4, -0.2) is 49.7 Å². The second-order valence-corrected chi connectivity index (χ2v) is 10.2. The van der Waals surface area contributed by atoms with E-state index in [2.05, 4.69) is 6.92 Å². The van der Waals surface area contributed by atoms with Gasteiger partial charge in [0.1, 0.15) is 17.9 Å². The lowest BCUT2D eigenvalue weighted by molar-refractivity contribution is -0.137. The lowest BCUT2D eigenvalue weighted by Crippen LogP contribution is -2.45. The number of aliphatic carboxylic acids is 1. The lowest BCUT2D eigenvalue weighted by atomic mass is 9.94. The van der Waals surface area contributed by atoms with Crippen LogP contribution >= 0.6 is 11.3 Å². The highest BCUT2D eigenvalue weighted by molar-refractivity contribution is 7.18. The van der Waals surface area contributed by atoms with E-state index in [4.69, 9.17) is 4.74 Å². The molecule has 1 saturated heterocycles. The van der Waals surface area contributed by atoms with E-state index in [0.29, 0.717) is 42.3 Å². The Morgan fingerprint density at radius 2 is 1.84 bits per heavy atom. The van der Waals surface area contributed by atoms with Gasteiger partial charge in [0.2, 0.25) is 5.91 Å². The molecule has 31 heavy (non-hydrogen) atoms. The number of piperidine rings is 1. The summed E-state index contributed by atoms with van der Waals surface area (Å²) in [7, 11) is 0. The number of nitrogens with zero attached hydrogens (tertiary/aromatic N) is 3. The van der Waals surface area contributed by atoms with E-state index in [1.165, 1.54) is 15.9 Å². The molecule has 0 unspecified atom stereocenters. The molecular weight excluding hydrogens is 422 g/mol. The maximum Gasteiger partial charge on any atom is 0.333 e. The highest BCUT2D eigenvalue weighted by Crippen LogP contribution is 2.37. The van der Waals surface area contributed by atoms with Gasteiger partial charge in [-0.3, -0.25) is 19.0 Å². The number of carboxylic acids is 1. The molecule has 0 bridgehead atoms. The predicted molar refractivity (Wildman–Crippen MR) is 116 cm³/mol. The number of hydrogen-bond donors (Lipinski definition) is 1. The Morgan fingerprint density at radius 3 is 2.48 bits per heavy atom. The van der Waals surface area contributed by atoms with Crippen LogP contribution in [0.1, 0.15) is 44.1 Å². The van der Waals surface area contributed by atoms with Crippen molar-refractivity contribution in [3.63, 3.8) is 0 Å². The van der Waals surface area contributed by atoms with Crippen LogP contribution in [-0.2, 0) is 40.4 Å². The summed E-state index contributed by atoms with van der Waals surface area (Å²) in [5, 5.41) is 9.59. The lowest BCUT2D eigenvalue weighted by Gasteiger charge is -2.30. The predicted octanol–water partition coefficient (Wildman–Crippen LogP) is 1.42. The molecule has 2 aliphatic heterocycles. The number of hydrogen-bond acceptors (Lipinski definition) is 6. The first-order valence-electron chi connectivity index (χ1n) is 10.5. The number of carbonyl (C=O) groups excluding carboxylic acids is 1. The quantitative estimate of drug-likeness (QED) is 0.756. The molecule has 4 heterocycles. The first kappa shape index (κ1) is 21.8. The molecule has 0 spiro atoms. The number of thiophene rings is 1. The fourth-order valence-corrected chi connectivity index (χ4v) is 5.53. The molecule has 9 nitrogen and oxygen atoms in total. The molecule has 0 saturated carbocycles. The molecule has 168 valence electrons. The number of ether oxygens (including phenoxy) is 1. The van der Waals surface area contributed by atoms with Crippen molar-refractivity contribution in [2.24, 2.45) is 5.92 Å². The van der Waals surface area contributed by atoms with Crippen molar-refractivity contribution in [3.8, 4) is 0 Å². The minimum Gasteiger partial charge on any atom is -0.480 e. The molecule has 4 rings (SSSR count). The van der Waals surface area contributed by atoms with Crippen LogP contribution in [0.2, 0.25) is 0 Å². The van der Waals surface area contributed by atoms with Crippen LogP contribution in [0.15, 0.2) is 9.59 Å². The fourth-order valence-electron chi connectivity index (χ4n) is 4.31. The number of fused-ring (bicyclic) bond motifs is 3. The summed E-state index contributed by atoms with van der Waals surface area (Å²) in [6.07, 6.45) is 2.30.